The van der Waals surface area contributed by atoms with Gasteiger partial charge >= 0.3 is 6.09 Å². The number of hydrogen-bond donors (Lipinski definition) is 0. The molecule has 0 aliphatic rings. The van der Waals surface area contributed by atoms with E-state index < -0.39 is 11.5 Å². The summed E-state index contributed by atoms with van der Waals surface area (Å²) in [5.41, 5.74) is 0.682. The minimum Gasteiger partial charge on any atom is -0.297 e. The monoisotopic (exact) mass is 396 g/mol. The number of rotatable bonds is 4. The molecule has 0 unspecified atom stereocenters. The molecule has 0 N–H and O–H groups in total. The quantitative estimate of drug-likeness (QED) is 0.373. The highest BCUT2D eigenvalue weighted by atomic mass is 32.1. The van der Waals surface area contributed by atoms with Gasteiger partial charge in [0, 0.05) is 30.5 Å². The lowest BCUT2D eigenvalue weighted by Gasteiger charge is -2.17. The van der Waals surface area contributed by atoms with E-state index in [9.17, 15) is 9.59 Å². The third-order valence-electron chi connectivity index (χ3n) is 3.93. The number of carbonyl (C=O) groups excluding carboxylic acids is 2. The van der Waals surface area contributed by atoms with Crippen molar-refractivity contribution in [1.29, 1.82) is 0 Å². The predicted octanol–water partition coefficient (Wildman–Crippen LogP) is 4.28. The summed E-state index contributed by atoms with van der Waals surface area (Å²) in [6.45, 7) is 5.34. The lowest BCUT2D eigenvalue weighted by molar-refractivity contribution is -0.119. The third-order valence-corrected chi connectivity index (χ3v) is 4.97. The van der Waals surface area contributed by atoms with Crippen LogP contribution in [0.1, 0.15) is 25.8 Å². The molecular weight excluding hydrogens is 376 g/mol. The molecule has 0 aliphatic carbocycles. The number of thiazole rings is 1. The Balaban J connectivity index is 1.92. The first-order valence-corrected chi connectivity index (χ1v) is 9.42. The maximum absolute atomic E-state index is 12.9. The molecule has 1 aromatic carbocycles. The number of ketones is 1. The highest BCUT2D eigenvalue weighted by molar-refractivity contribution is 7.21. The SMILES string of the molecule is CN(C(=O)O/N=C(\C(=O)C(C)(C)C)c1nc2ccccc2s1)c1ccncc1. The highest BCUT2D eigenvalue weighted by Gasteiger charge is 2.30. The first-order chi connectivity index (χ1) is 13.3. The number of para-hydroxylation sites is 1. The molecule has 0 saturated heterocycles. The largest absolute Gasteiger partial charge is 0.440 e. The zero-order valence-electron chi connectivity index (χ0n) is 16.0. The first-order valence-electron chi connectivity index (χ1n) is 8.61. The number of Topliss-reactive ketones (excluding diaryl/α,β-unsaturated/α-hetero) is 1. The Bertz CT molecular complexity index is 1010. The van der Waals surface area contributed by atoms with Gasteiger partial charge in [-0.25, -0.2) is 9.78 Å². The topological polar surface area (TPSA) is 84.8 Å². The fraction of sp³-hybridized carbons (Fsp3) is 0.250. The van der Waals surface area contributed by atoms with Gasteiger partial charge in [0.25, 0.3) is 0 Å². The van der Waals surface area contributed by atoms with Crippen LogP contribution in [0.5, 0.6) is 0 Å². The summed E-state index contributed by atoms with van der Waals surface area (Å²) in [5.74, 6) is -0.258. The van der Waals surface area contributed by atoms with Crippen molar-refractivity contribution in [2.75, 3.05) is 11.9 Å². The van der Waals surface area contributed by atoms with Crippen molar-refractivity contribution in [1.82, 2.24) is 9.97 Å². The number of pyridine rings is 1. The Hall–Kier alpha value is -3.13. The van der Waals surface area contributed by atoms with Crippen LogP contribution in [-0.2, 0) is 9.63 Å². The van der Waals surface area contributed by atoms with Crippen LogP contribution in [0.2, 0.25) is 0 Å². The average Bonchev–Trinajstić information content (AvgIpc) is 3.11. The average molecular weight is 396 g/mol. The fourth-order valence-corrected chi connectivity index (χ4v) is 3.27. The lowest BCUT2D eigenvalue weighted by Crippen LogP contribution is -2.31. The van der Waals surface area contributed by atoms with E-state index in [1.54, 1.807) is 52.3 Å². The zero-order valence-corrected chi connectivity index (χ0v) is 16.9. The van der Waals surface area contributed by atoms with E-state index in [0.29, 0.717) is 10.7 Å². The van der Waals surface area contributed by atoms with E-state index in [-0.39, 0.29) is 11.5 Å². The van der Waals surface area contributed by atoms with Gasteiger partial charge < -0.3 is 0 Å². The van der Waals surface area contributed by atoms with E-state index in [1.165, 1.54) is 16.2 Å². The van der Waals surface area contributed by atoms with Crippen LogP contribution in [0, 0.1) is 5.41 Å². The molecule has 144 valence electrons. The Morgan fingerprint density at radius 1 is 1.11 bits per heavy atom. The molecule has 2 aromatic heterocycles. The first kappa shape index (κ1) is 19.6. The number of hydrogen-bond acceptors (Lipinski definition) is 7. The van der Waals surface area contributed by atoms with E-state index in [4.69, 9.17) is 4.84 Å². The van der Waals surface area contributed by atoms with Gasteiger partial charge in [-0.3, -0.25) is 19.5 Å². The number of carbonyl (C=O) groups is 2. The molecule has 3 rings (SSSR count). The number of aromatic nitrogens is 2. The molecule has 0 spiro atoms. The molecule has 7 nitrogen and oxygen atoms in total. The summed E-state index contributed by atoms with van der Waals surface area (Å²) in [6, 6.07) is 10.9. The predicted molar refractivity (Wildman–Crippen MR) is 110 cm³/mol. The van der Waals surface area contributed by atoms with Gasteiger partial charge in [-0.2, -0.15) is 0 Å². The molecule has 2 heterocycles. The second-order valence-corrected chi connectivity index (χ2v) is 8.16. The minimum absolute atomic E-state index is 0.0326. The highest BCUT2D eigenvalue weighted by Crippen LogP contribution is 2.26. The number of fused-ring (bicyclic) bond motifs is 1. The van der Waals surface area contributed by atoms with E-state index in [0.717, 1.165) is 10.2 Å². The van der Waals surface area contributed by atoms with Crippen molar-refractivity contribution in [3.8, 4) is 0 Å². The van der Waals surface area contributed by atoms with Crippen LogP contribution in [0.25, 0.3) is 10.2 Å². The smallest absolute Gasteiger partial charge is 0.297 e. The maximum atomic E-state index is 12.9. The van der Waals surface area contributed by atoms with Crippen molar-refractivity contribution >= 4 is 44.8 Å². The van der Waals surface area contributed by atoms with Crippen LogP contribution in [-0.4, -0.2) is 34.6 Å². The summed E-state index contributed by atoms with van der Waals surface area (Å²) < 4.78 is 0.923. The molecule has 28 heavy (non-hydrogen) atoms. The Kier molecular flexibility index (Phi) is 5.51. The van der Waals surface area contributed by atoms with Crippen molar-refractivity contribution in [2.45, 2.75) is 20.8 Å². The molecule has 0 atom stereocenters. The molecule has 1 amide bonds. The van der Waals surface area contributed by atoms with Gasteiger partial charge in [0.2, 0.25) is 0 Å². The van der Waals surface area contributed by atoms with Gasteiger partial charge in [0.15, 0.2) is 11.5 Å². The number of benzene rings is 1. The molecule has 0 bridgehead atoms. The van der Waals surface area contributed by atoms with E-state index in [2.05, 4.69) is 15.1 Å². The van der Waals surface area contributed by atoms with Gasteiger partial charge in [0.05, 0.1) is 10.2 Å². The Morgan fingerprint density at radius 3 is 2.43 bits per heavy atom. The van der Waals surface area contributed by atoms with Crippen LogP contribution >= 0.6 is 11.3 Å². The van der Waals surface area contributed by atoms with Crippen LogP contribution in [0.15, 0.2) is 53.9 Å². The van der Waals surface area contributed by atoms with Gasteiger partial charge in [-0.15, -0.1) is 11.3 Å². The number of anilines is 1. The van der Waals surface area contributed by atoms with Crippen molar-refractivity contribution < 1.29 is 14.4 Å². The van der Waals surface area contributed by atoms with E-state index in [1.807, 2.05) is 24.3 Å². The second kappa shape index (κ2) is 7.85. The van der Waals surface area contributed by atoms with Crippen LogP contribution in [0.3, 0.4) is 0 Å². The Labute approximate surface area is 166 Å². The van der Waals surface area contributed by atoms with Gasteiger partial charge in [-0.05, 0) is 24.3 Å². The van der Waals surface area contributed by atoms with Gasteiger partial charge in [0.1, 0.15) is 5.01 Å². The molecule has 0 fully saturated rings. The molecule has 3 aromatic rings. The molecule has 0 aliphatic heterocycles. The summed E-state index contributed by atoms with van der Waals surface area (Å²) in [5, 5.41) is 4.33. The minimum atomic E-state index is -0.716. The zero-order chi connectivity index (χ0) is 20.3. The standard InChI is InChI=1S/C20H20N4O3S/c1-20(2,3)17(25)16(18-22-14-7-5-6-8-15(14)28-18)23-27-19(26)24(4)13-9-11-21-12-10-13/h5-12H,1-4H3/b23-16+. The maximum Gasteiger partial charge on any atom is 0.440 e. The molecular formula is C20H20N4O3S. The normalized spacial score (nSPS) is 12.1. The second-order valence-electron chi connectivity index (χ2n) is 7.13. The van der Waals surface area contributed by atoms with E-state index >= 15 is 0 Å². The third kappa shape index (κ3) is 4.23. The van der Waals surface area contributed by atoms with Crippen LogP contribution < -0.4 is 4.90 Å². The van der Waals surface area contributed by atoms with Gasteiger partial charge in [-0.1, -0.05) is 38.1 Å². The van der Waals surface area contributed by atoms with Crippen molar-refractivity contribution in [2.24, 2.45) is 10.6 Å². The molecule has 8 heteroatoms. The lowest BCUT2D eigenvalue weighted by atomic mass is 9.88. The summed E-state index contributed by atoms with van der Waals surface area (Å²) in [7, 11) is 1.55. The summed E-state index contributed by atoms with van der Waals surface area (Å²) in [4.78, 5) is 40.1. The van der Waals surface area contributed by atoms with Crippen molar-refractivity contribution in [3.05, 3.63) is 53.8 Å². The van der Waals surface area contributed by atoms with Crippen LogP contribution in [0.4, 0.5) is 10.5 Å². The number of nitrogens with zero attached hydrogens (tertiary/aromatic N) is 4. The number of amides is 1. The summed E-state index contributed by atoms with van der Waals surface area (Å²) >= 11 is 1.33. The molecule has 0 saturated carbocycles. The van der Waals surface area contributed by atoms with Crippen molar-refractivity contribution in [3.63, 3.8) is 0 Å². The molecule has 0 radical (unpaired) electrons. The Morgan fingerprint density at radius 2 is 1.79 bits per heavy atom. The number of oxime groups is 1. The fourth-order valence-electron chi connectivity index (χ4n) is 2.33. The summed E-state index contributed by atoms with van der Waals surface area (Å²) in [6.07, 6.45) is 2.42.